The van der Waals surface area contributed by atoms with E-state index < -0.39 is 0 Å². The number of anilines is 1. The fraction of sp³-hybridized carbons (Fsp3) is 0.100. The van der Waals surface area contributed by atoms with Crippen LogP contribution in [0.2, 0.25) is 0 Å². The molecule has 0 aliphatic carbocycles. The molecule has 0 atom stereocenters. The molecule has 0 bridgehead atoms. The van der Waals surface area contributed by atoms with Gasteiger partial charge in [-0.15, -0.1) is 11.3 Å². The molecule has 0 radical (unpaired) electrons. The summed E-state index contributed by atoms with van der Waals surface area (Å²) in [6.45, 7) is 0. The Morgan fingerprint density at radius 3 is 2.78 bits per heavy atom. The third-order valence-corrected chi connectivity index (χ3v) is 4.97. The summed E-state index contributed by atoms with van der Waals surface area (Å²) in [5, 5.41) is 4.95. The zero-order valence-electron chi connectivity index (χ0n) is 14.8. The number of hydrogen-bond acceptors (Lipinski definition) is 5. The highest BCUT2D eigenvalue weighted by atomic mass is 32.1. The minimum absolute atomic E-state index is 0.278. The molecule has 0 aliphatic rings. The second-order valence-electron chi connectivity index (χ2n) is 5.78. The number of fused-ring (bicyclic) bond motifs is 1. The Hall–Kier alpha value is -3.32. The molecule has 4 aromatic rings. The Labute approximate surface area is 160 Å². The first-order valence-corrected chi connectivity index (χ1v) is 9.12. The number of imidazole rings is 1. The highest BCUT2D eigenvalue weighted by Crippen LogP contribution is 2.30. The van der Waals surface area contributed by atoms with Crippen molar-refractivity contribution in [3.8, 4) is 22.8 Å². The van der Waals surface area contributed by atoms with Gasteiger partial charge in [-0.25, -0.2) is 4.98 Å². The Bertz CT molecular complexity index is 1090. The number of aromatic nitrogens is 2. The summed E-state index contributed by atoms with van der Waals surface area (Å²) in [4.78, 5) is 18.4. The predicted octanol–water partition coefficient (Wildman–Crippen LogP) is 4.33. The van der Waals surface area contributed by atoms with Gasteiger partial charge in [0.2, 0.25) is 0 Å². The molecule has 2 aromatic carbocycles. The topological polar surface area (TPSA) is 64.9 Å². The van der Waals surface area contributed by atoms with Gasteiger partial charge in [0.05, 0.1) is 31.2 Å². The van der Waals surface area contributed by atoms with E-state index in [1.54, 1.807) is 36.6 Å². The van der Waals surface area contributed by atoms with Crippen molar-refractivity contribution in [1.29, 1.82) is 0 Å². The zero-order chi connectivity index (χ0) is 18.8. The molecule has 4 rings (SSSR count). The van der Waals surface area contributed by atoms with Crippen LogP contribution in [0.1, 0.15) is 10.4 Å². The van der Waals surface area contributed by atoms with E-state index >= 15 is 0 Å². The number of para-hydroxylation sites is 1. The maximum Gasteiger partial charge on any atom is 0.259 e. The average Bonchev–Trinajstić information content (AvgIpc) is 3.30. The third kappa shape index (κ3) is 3.24. The highest BCUT2D eigenvalue weighted by Gasteiger charge is 2.17. The highest BCUT2D eigenvalue weighted by molar-refractivity contribution is 7.15. The first-order valence-electron chi connectivity index (χ1n) is 8.24. The Morgan fingerprint density at radius 2 is 2.00 bits per heavy atom. The quantitative estimate of drug-likeness (QED) is 0.560. The number of thiazole rings is 1. The molecule has 0 aliphatic heterocycles. The van der Waals surface area contributed by atoms with E-state index in [-0.39, 0.29) is 5.91 Å². The molecule has 7 heteroatoms. The number of carbonyl (C=O) groups excluding carboxylic acids is 1. The van der Waals surface area contributed by atoms with Gasteiger partial charge >= 0.3 is 0 Å². The number of carbonyl (C=O) groups is 1. The van der Waals surface area contributed by atoms with Crippen LogP contribution in [0.15, 0.2) is 60.2 Å². The molecule has 0 fully saturated rings. The first-order chi connectivity index (χ1) is 13.2. The van der Waals surface area contributed by atoms with Gasteiger partial charge in [-0.05, 0) is 24.3 Å². The normalized spacial score (nSPS) is 10.7. The van der Waals surface area contributed by atoms with Gasteiger partial charge in [0, 0.05) is 23.3 Å². The summed E-state index contributed by atoms with van der Waals surface area (Å²) >= 11 is 1.56. The van der Waals surface area contributed by atoms with E-state index in [1.807, 2.05) is 46.4 Å². The molecule has 2 aromatic heterocycles. The Balaban J connectivity index is 1.69. The van der Waals surface area contributed by atoms with Gasteiger partial charge in [-0.2, -0.15) is 0 Å². The number of nitrogens with one attached hydrogen (secondary N) is 1. The van der Waals surface area contributed by atoms with Gasteiger partial charge in [-0.3, -0.25) is 9.20 Å². The van der Waals surface area contributed by atoms with Crippen molar-refractivity contribution in [2.24, 2.45) is 0 Å². The van der Waals surface area contributed by atoms with E-state index in [2.05, 4.69) is 10.3 Å². The molecule has 1 N–H and O–H groups in total. The van der Waals surface area contributed by atoms with E-state index in [4.69, 9.17) is 9.47 Å². The van der Waals surface area contributed by atoms with Crippen LogP contribution in [0, 0.1) is 0 Å². The summed E-state index contributed by atoms with van der Waals surface area (Å²) in [6, 6.07) is 12.7. The Kier molecular flexibility index (Phi) is 4.52. The summed E-state index contributed by atoms with van der Waals surface area (Å²) in [7, 11) is 3.09. The van der Waals surface area contributed by atoms with Crippen molar-refractivity contribution >= 4 is 27.9 Å². The van der Waals surface area contributed by atoms with E-state index in [0.717, 1.165) is 16.2 Å². The third-order valence-electron chi connectivity index (χ3n) is 4.20. The summed E-state index contributed by atoms with van der Waals surface area (Å²) < 4.78 is 12.5. The van der Waals surface area contributed by atoms with E-state index in [1.165, 1.54) is 7.11 Å². The number of amides is 1. The maximum atomic E-state index is 12.9. The summed E-state index contributed by atoms with van der Waals surface area (Å²) in [5.41, 5.74) is 2.73. The number of benzene rings is 2. The molecular weight excluding hydrogens is 362 g/mol. The largest absolute Gasteiger partial charge is 0.497 e. The van der Waals surface area contributed by atoms with Crippen molar-refractivity contribution in [1.82, 2.24) is 9.38 Å². The predicted molar refractivity (Wildman–Crippen MR) is 106 cm³/mol. The average molecular weight is 379 g/mol. The number of hydrogen-bond donors (Lipinski definition) is 1. The van der Waals surface area contributed by atoms with Gasteiger partial charge in [0.15, 0.2) is 4.96 Å². The SMILES string of the molecule is COc1ccc(OC)c(C(=O)Nc2ccccc2-c2cn3ccsc3n2)c1. The molecule has 0 saturated carbocycles. The second-order valence-corrected chi connectivity index (χ2v) is 6.66. The van der Waals surface area contributed by atoms with Gasteiger partial charge in [0.25, 0.3) is 5.91 Å². The monoisotopic (exact) mass is 379 g/mol. The molecule has 0 spiro atoms. The van der Waals surface area contributed by atoms with E-state index in [0.29, 0.717) is 22.7 Å². The summed E-state index contributed by atoms with van der Waals surface area (Å²) in [6.07, 6.45) is 3.90. The van der Waals surface area contributed by atoms with Crippen LogP contribution in [0.4, 0.5) is 5.69 Å². The molecule has 6 nitrogen and oxygen atoms in total. The minimum Gasteiger partial charge on any atom is -0.497 e. The molecule has 136 valence electrons. The minimum atomic E-state index is -0.278. The molecule has 0 unspecified atom stereocenters. The molecule has 0 saturated heterocycles. The van der Waals surface area contributed by atoms with E-state index in [9.17, 15) is 4.79 Å². The first kappa shape index (κ1) is 17.1. The lowest BCUT2D eigenvalue weighted by Crippen LogP contribution is -2.14. The standard InChI is InChI=1S/C20H17N3O3S/c1-25-13-7-8-18(26-2)15(11-13)19(24)21-16-6-4-3-5-14(16)17-12-23-9-10-27-20(23)22-17/h3-12H,1-2H3,(H,21,24). The van der Waals surface area contributed by atoms with Gasteiger partial charge in [0.1, 0.15) is 11.5 Å². The van der Waals surface area contributed by atoms with Crippen LogP contribution in [0.3, 0.4) is 0 Å². The lowest BCUT2D eigenvalue weighted by atomic mass is 10.1. The van der Waals surface area contributed by atoms with Gasteiger partial charge in [-0.1, -0.05) is 18.2 Å². The van der Waals surface area contributed by atoms with Crippen molar-refractivity contribution in [2.45, 2.75) is 0 Å². The van der Waals surface area contributed by atoms with Crippen LogP contribution in [0.5, 0.6) is 11.5 Å². The Morgan fingerprint density at radius 1 is 1.15 bits per heavy atom. The molecule has 27 heavy (non-hydrogen) atoms. The van der Waals surface area contributed by atoms with Crippen LogP contribution in [-0.2, 0) is 0 Å². The zero-order valence-corrected chi connectivity index (χ0v) is 15.6. The molecule has 2 heterocycles. The number of rotatable bonds is 5. The number of nitrogens with zero attached hydrogens (tertiary/aromatic N) is 2. The van der Waals surface area contributed by atoms with Crippen LogP contribution < -0.4 is 14.8 Å². The van der Waals surface area contributed by atoms with Gasteiger partial charge < -0.3 is 14.8 Å². The van der Waals surface area contributed by atoms with Crippen LogP contribution in [-0.4, -0.2) is 29.5 Å². The molecular formula is C20H17N3O3S. The van der Waals surface area contributed by atoms with Crippen molar-refractivity contribution < 1.29 is 14.3 Å². The maximum absolute atomic E-state index is 12.9. The lowest BCUT2D eigenvalue weighted by Gasteiger charge is -2.13. The van der Waals surface area contributed by atoms with Crippen molar-refractivity contribution in [3.05, 3.63) is 65.8 Å². The lowest BCUT2D eigenvalue weighted by molar-refractivity contribution is 0.102. The molecule has 1 amide bonds. The van der Waals surface area contributed by atoms with Crippen LogP contribution >= 0.6 is 11.3 Å². The fourth-order valence-corrected chi connectivity index (χ4v) is 3.55. The number of methoxy groups -OCH3 is 2. The van der Waals surface area contributed by atoms with Crippen LogP contribution in [0.25, 0.3) is 16.2 Å². The summed E-state index contributed by atoms with van der Waals surface area (Å²) in [5.74, 6) is 0.788. The van der Waals surface area contributed by atoms with Crippen molar-refractivity contribution in [2.75, 3.05) is 19.5 Å². The number of ether oxygens (including phenoxy) is 2. The fourth-order valence-electron chi connectivity index (χ4n) is 2.85. The van der Waals surface area contributed by atoms with Crippen molar-refractivity contribution in [3.63, 3.8) is 0 Å². The second kappa shape index (κ2) is 7.13. The smallest absolute Gasteiger partial charge is 0.259 e.